The molecule has 0 spiro atoms. The number of hydrogen-bond acceptors (Lipinski definition) is 3. The van der Waals surface area contributed by atoms with Crippen LogP contribution in [0.5, 0.6) is 0 Å². The number of aromatic nitrogens is 1. The van der Waals surface area contributed by atoms with Crippen LogP contribution in [0.15, 0.2) is 29.2 Å². The first kappa shape index (κ1) is 15.6. The van der Waals surface area contributed by atoms with Gasteiger partial charge in [-0.15, -0.1) is 0 Å². The predicted octanol–water partition coefficient (Wildman–Crippen LogP) is 1.19. The molecule has 5 nitrogen and oxygen atoms in total. The summed E-state index contributed by atoms with van der Waals surface area (Å²) in [5.41, 5.74) is -2.94. The van der Waals surface area contributed by atoms with Gasteiger partial charge in [0.25, 0.3) is 5.56 Å². The summed E-state index contributed by atoms with van der Waals surface area (Å²) in [5, 5.41) is 8.94. The molecule has 1 atom stereocenters. The topological polar surface area (TPSA) is 62.5 Å². The molecule has 0 bridgehead atoms. The van der Waals surface area contributed by atoms with Crippen LogP contribution >= 0.6 is 0 Å². The van der Waals surface area contributed by atoms with Crippen molar-refractivity contribution >= 4 is 5.97 Å². The zero-order valence-electron chi connectivity index (χ0n) is 11.1. The van der Waals surface area contributed by atoms with Crippen molar-refractivity contribution in [2.75, 3.05) is 19.6 Å². The Hall–Kier alpha value is -1.83. The Bertz CT molecular complexity index is 585. The Balaban J connectivity index is 2.04. The fourth-order valence-corrected chi connectivity index (χ4v) is 2.50. The van der Waals surface area contributed by atoms with Gasteiger partial charge in [0.2, 0.25) is 0 Å². The standard InChI is InChI=1S/C13H15F3N2O3/c14-13(15,16)12(11(20)21)4-6-17(9-12)7-8-18-5-2-1-3-10(18)19/h1-3,5H,4,6-9H2,(H,20,21). The van der Waals surface area contributed by atoms with Gasteiger partial charge in [-0.05, 0) is 19.0 Å². The molecule has 1 aromatic rings. The number of aliphatic carboxylic acids is 1. The van der Waals surface area contributed by atoms with Crippen molar-refractivity contribution in [1.82, 2.24) is 9.47 Å². The predicted molar refractivity (Wildman–Crippen MR) is 67.9 cm³/mol. The van der Waals surface area contributed by atoms with E-state index in [9.17, 15) is 22.8 Å². The van der Waals surface area contributed by atoms with E-state index in [1.165, 1.54) is 15.5 Å². The smallest absolute Gasteiger partial charge is 0.406 e. The number of likely N-dealkylation sites (tertiary alicyclic amines) is 1. The second-order valence-electron chi connectivity index (χ2n) is 5.14. The number of alkyl halides is 3. The molecule has 116 valence electrons. The number of halogens is 3. The number of carboxylic acid groups (broad SMARTS) is 1. The zero-order chi connectivity index (χ0) is 15.7. The number of hydrogen-bond donors (Lipinski definition) is 1. The van der Waals surface area contributed by atoms with Gasteiger partial charge in [-0.2, -0.15) is 13.2 Å². The second-order valence-corrected chi connectivity index (χ2v) is 5.14. The summed E-state index contributed by atoms with van der Waals surface area (Å²) in [6.07, 6.45) is -3.70. The third-order valence-electron chi connectivity index (χ3n) is 3.86. The molecule has 1 aliphatic heterocycles. The van der Waals surface area contributed by atoms with Crippen LogP contribution in [-0.4, -0.2) is 46.4 Å². The molecule has 0 amide bonds. The van der Waals surface area contributed by atoms with Gasteiger partial charge in [0.05, 0.1) is 0 Å². The molecular weight excluding hydrogens is 289 g/mol. The first-order valence-electron chi connectivity index (χ1n) is 6.44. The molecule has 8 heteroatoms. The second kappa shape index (κ2) is 5.51. The first-order chi connectivity index (χ1) is 9.76. The Morgan fingerprint density at radius 1 is 1.33 bits per heavy atom. The summed E-state index contributed by atoms with van der Waals surface area (Å²) in [5.74, 6) is -1.84. The van der Waals surface area contributed by atoms with Gasteiger partial charge < -0.3 is 14.6 Å². The van der Waals surface area contributed by atoms with Gasteiger partial charge in [-0.1, -0.05) is 6.07 Å². The lowest BCUT2D eigenvalue weighted by molar-refractivity contribution is -0.227. The number of rotatable bonds is 4. The molecule has 21 heavy (non-hydrogen) atoms. The zero-order valence-corrected chi connectivity index (χ0v) is 11.1. The molecule has 1 saturated heterocycles. The van der Waals surface area contributed by atoms with Crippen LogP contribution in [0.1, 0.15) is 6.42 Å². The molecule has 0 saturated carbocycles. The summed E-state index contributed by atoms with van der Waals surface area (Å²) in [4.78, 5) is 24.0. The fourth-order valence-electron chi connectivity index (χ4n) is 2.50. The lowest BCUT2D eigenvalue weighted by atomic mass is 9.86. The molecule has 2 heterocycles. The van der Waals surface area contributed by atoms with Gasteiger partial charge in [-0.3, -0.25) is 9.59 Å². The summed E-state index contributed by atoms with van der Waals surface area (Å²) < 4.78 is 40.4. The quantitative estimate of drug-likeness (QED) is 0.907. The van der Waals surface area contributed by atoms with Crippen molar-refractivity contribution in [3.8, 4) is 0 Å². The highest BCUT2D eigenvalue weighted by Crippen LogP contribution is 2.45. The lowest BCUT2D eigenvalue weighted by Crippen LogP contribution is -2.47. The van der Waals surface area contributed by atoms with Gasteiger partial charge in [0, 0.05) is 31.9 Å². The molecule has 1 aliphatic rings. The minimum atomic E-state index is -4.78. The highest BCUT2D eigenvalue weighted by molar-refractivity contribution is 5.76. The van der Waals surface area contributed by atoms with E-state index in [4.69, 9.17) is 5.11 Å². The van der Waals surface area contributed by atoms with Crippen molar-refractivity contribution in [1.29, 1.82) is 0 Å². The number of carbonyl (C=O) groups is 1. The average Bonchev–Trinajstić information content (AvgIpc) is 2.83. The van der Waals surface area contributed by atoms with Crippen LogP contribution in [0.4, 0.5) is 13.2 Å². The van der Waals surface area contributed by atoms with Gasteiger partial charge in [0.1, 0.15) is 0 Å². The van der Waals surface area contributed by atoms with Crippen LogP contribution in [0, 0.1) is 5.41 Å². The lowest BCUT2D eigenvalue weighted by Gasteiger charge is -2.27. The van der Waals surface area contributed by atoms with E-state index in [0.717, 1.165) is 0 Å². The molecular formula is C13H15F3N2O3. The van der Waals surface area contributed by atoms with E-state index in [0.29, 0.717) is 0 Å². The molecule has 1 aromatic heterocycles. The normalized spacial score (nSPS) is 23.4. The van der Waals surface area contributed by atoms with E-state index in [1.807, 2.05) is 0 Å². The first-order valence-corrected chi connectivity index (χ1v) is 6.44. The minimum Gasteiger partial charge on any atom is -0.481 e. The molecule has 0 aliphatic carbocycles. The monoisotopic (exact) mass is 304 g/mol. The highest BCUT2D eigenvalue weighted by atomic mass is 19.4. The van der Waals surface area contributed by atoms with Crippen molar-refractivity contribution < 1.29 is 23.1 Å². The van der Waals surface area contributed by atoms with Crippen LogP contribution in [0.2, 0.25) is 0 Å². The van der Waals surface area contributed by atoms with Crippen LogP contribution in [-0.2, 0) is 11.3 Å². The van der Waals surface area contributed by atoms with Crippen LogP contribution < -0.4 is 5.56 Å². The van der Waals surface area contributed by atoms with E-state index >= 15 is 0 Å². The third-order valence-corrected chi connectivity index (χ3v) is 3.86. The maximum Gasteiger partial charge on any atom is 0.406 e. The van der Waals surface area contributed by atoms with Gasteiger partial charge >= 0.3 is 12.1 Å². The van der Waals surface area contributed by atoms with E-state index in [-0.39, 0.29) is 25.2 Å². The van der Waals surface area contributed by atoms with Crippen molar-refractivity contribution in [3.05, 3.63) is 34.7 Å². The fraction of sp³-hybridized carbons (Fsp3) is 0.538. The molecule has 0 radical (unpaired) electrons. The van der Waals surface area contributed by atoms with Crippen LogP contribution in [0.3, 0.4) is 0 Å². The number of pyridine rings is 1. The number of nitrogens with zero attached hydrogens (tertiary/aromatic N) is 2. The van der Waals surface area contributed by atoms with Crippen molar-refractivity contribution in [2.24, 2.45) is 5.41 Å². The maximum absolute atomic E-state index is 13.0. The Kier molecular flexibility index (Phi) is 4.08. The summed E-state index contributed by atoms with van der Waals surface area (Å²) in [6, 6.07) is 4.59. The Labute approximate surface area is 118 Å². The Morgan fingerprint density at radius 2 is 2.05 bits per heavy atom. The molecule has 1 fully saturated rings. The molecule has 1 N–H and O–H groups in total. The van der Waals surface area contributed by atoms with Gasteiger partial charge in [0.15, 0.2) is 5.41 Å². The molecule has 2 rings (SSSR count). The largest absolute Gasteiger partial charge is 0.481 e. The average molecular weight is 304 g/mol. The van der Waals surface area contributed by atoms with Crippen LogP contribution in [0.25, 0.3) is 0 Å². The van der Waals surface area contributed by atoms with E-state index < -0.39 is 30.5 Å². The summed E-state index contributed by atoms with van der Waals surface area (Å²) in [7, 11) is 0. The van der Waals surface area contributed by atoms with Crippen molar-refractivity contribution in [3.63, 3.8) is 0 Å². The highest BCUT2D eigenvalue weighted by Gasteiger charge is 2.63. The van der Waals surface area contributed by atoms with E-state index in [1.54, 1.807) is 18.3 Å². The Morgan fingerprint density at radius 3 is 2.57 bits per heavy atom. The SMILES string of the molecule is O=C(O)C1(C(F)(F)F)CCN(CCn2ccccc2=O)C1. The maximum atomic E-state index is 13.0. The molecule has 0 aromatic carbocycles. The van der Waals surface area contributed by atoms with E-state index in [2.05, 4.69) is 0 Å². The van der Waals surface area contributed by atoms with Gasteiger partial charge in [-0.25, -0.2) is 0 Å². The number of carboxylic acids is 1. The van der Waals surface area contributed by atoms with Crippen molar-refractivity contribution in [2.45, 2.75) is 19.1 Å². The molecule has 1 unspecified atom stereocenters. The third kappa shape index (κ3) is 2.94. The summed E-state index contributed by atoms with van der Waals surface area (Å²) >= 11 is 0. The minimum absolute atomic E-state index is 0.0490. The summed E-state index contributed by atoms with van der Waals surface area (Å²) in [6.45, 7) is -0.0942.